The molecule has 196 valence electrons. The van der Waals surface area contributed by atoms with E-state index in [-0.39, 0.29) is 31.5 Å². The number of likely N-dealkylation sites (tertiary alicyclic amines) is 2. The van der Waals surface area contributed by atoms with Crippen LogP contribution in [-0.4, -0.2) is 72.4 Å². The summed E-state index contributed by atoms with van der Waals surface area (Å²) in [5.41, 5.74) is 1.73. The van der Waals surface area contributed by atoms with E-state index in [0.717, 1.165) is 37.6 Å². The highest BCUT2D eigenvalue weighted by Gasteiger charge is 2.45. The summed E-state index contributed by atoms with van der Waals surface area (Å²) in [5.74, 6) is -2.64. The van der Waals surface area contributed by atoms with Crippen molar-refractivity contribution in [2.24, 2.45) is 0 Å². The maximum atomic E-state index is 13.7. The minimum atomic E-state index is -4.59. The van der Waals surface area contributed by atoms with E-state index in [9.17, 15) is 26.7 Å². The molecule has 1 aromatic carbocycles. The molecule has 0 aromatic heterocycles. The number of carbonyl (C=O) groups excluding carboxylic acids is 1. The van der Waals surface area contributed by atoms with Crippen molar-refractivity contribution >= 4 is 23.4 Å². The second-order valence-electron chi connectivity index (χ2n) is 9.92. The lowest BCUT2D eigenvalue weighted by Crippen LogP contribution is -2.53. The van der Waals surface area contributed by atoms with Gasteiger partial charge in [0.2, 0.25) is 0 Å². The predicted octanol–water partition coefficient (Wildman–Crippen LogP) is 6.09. The first kappa shape index (κ1) is 26.3. The first-order valence-electron chi connectivity index (χ1n) is 12.1. The smallest absolute Gasteiger partial charge is 0.425 e. The van der Waals surface area contributed by atoms with E-state index in [1.807, 2.05) is 23.1 Å². The van der Waals surface area contributed by atoms with E-state index in [0.29, 0.717) is 37.5 Å². The number of nitrogens with zero attached hydrogens (tertiary/aromatic N) is 3. The zero-order valence-electron chi connectivity index (χ0n) is 19.7. The zero-order valence-corrected chi connectivity index (χ0v) is 20.5. The minimum absolute atomic E-state index is 0.155. The molecular weight excluding hydrogens is 493 g/mol. The molecule has 1 unspecified atom stereocenters. The van der Waals surface area contributed by atoms with Gasteiger partial charge in [0.05, 0.1) is 0 Å². The Hall–Kier alpha value is -1.81. The number of carbonyl (C=O) groups is 1. The molecule has 1 aromatic rings. The Morgan fingerprint density at radius 3 is 2.34 bits per heavy atom. The monoisotopic (exact) mass is 523 g/mol. The van der Waals surface area contributed by atoms with Crippen molar-refractivity contribution in [2.75, 3.05) is 37.6 Å². The van der Waals surface area contributed by atoms with E-state index < -0.39 is 24.3 Å². The predicted molar refractivity (Wildman–Crippen MR) is 123 cm³/mol. The van der Waals surface area contributed by atoms with Crippen LogP contribution in [0.15, 0.2) is 18.2 Å². The highest BCUT2D eigenvalue weighted by atomic mass is 35.5. The van der Waals surface area contributed by atoms with E-state index in [2.05, 4.69) is 9.64 Å². The topological polar surface area (TPSA) is 36.0 Å². The van der Waals surface area contributed by atoms with Gasteiger partial charge in [0.25, 0.3) is 5.92 Å². The Bertz CT molecular complexity index is 911. The molecule has 5 nitrogen and oxygen atoms in total. The molecule has 0 radical (unpaired) electrons. The van der Waals surface area contributed by atoms with Crippen molar-refractivity contribution in [3.63, 3.8) is 0 Å². The van der Waals surface area contributed by atoms with Gasteiger partial charge in [0.15, 0.2) is 6.10 Å². The van der Waals surface area contributed by atoms with Crippen molar-refractivity contribution in [1.29, 1.82) is 0 Å². The van der Waals surface area contributed by atoms with Gasteiger partial charge in [-0.3, -0.25) is 4.90 Å². The Morgan fingerprint density at radius 1 is 1.06 bits per heavy atom. The summed E-state index contributed by atoms with van der Waals surface area (Å²) in [5, 5.41) is 0.553. The van der Waals surface area contributed by atoms with Gasteiger partial charge in [-0.1, -0.05) is 17.7 Å². The summed E-state index contributed by atoms with van der Waals surface area (Å²) >= 11 is 6.25. The molecule has 1 amide bonds. The fourth-order valence-electron chi connectivity index (χ4n) is 5.45. The lowest BCUT2D eigenvalue weighted by atomic mass is 9.84. The summed E-state index contributed by atoms with van der Waals surface area (Å²) in [4.78, 5) is 17.9. The van der Waals surface area contributed by atoms with E-state index in [1.165, 1.54) is 4.90 Å². The molecule has 1 spiro atoms. The van der Waals surface area contributed by atoms with E-state index >= 15 is 0 Å². The number of hydrogen-bond donors (Lipinski definition) is 0. The van der Waals surface area contributed by atoms with Crippen LogP contribution in [0.25, 0.3) is 0 Å². The number of amides is 1. The summed E-state index contributed by atoms with van der Waals surface area (Å²) in [6.07, 6.45) is -4.85. The number of alkyl halides is 5. The first-order chi connectivity index (χ1) is 16.4. The number of piperidine rings is 2. The normalized spacial score (nSPS) is 23.5. The fraction of sp³-hybridized carbons (Fsp3) is 0.708. The summed E-state index contributed by atoms with van der Waals surface area (Å²) < 4.78 is 70.3. The average molecular weight is 524 g/mol. The maximum Gasteiger partial charge on any atom is 0.425 e. The molecule has 0 bridgehead atoms. The van der Waals surface area contributed by atoms with Crippen LogP contribution in [0.2, 0.25) is 5.02 Å². The van der Waals surface area contributed by atoms with Crippen LogP contribution >= 0.6 is 11.6 Å². The third-order valence-electron chi connectivity index (χ3n) is 7.68. The van der Waals surface area contributed by atoms with Gasteiger partial charge in [0.1, 0.15) is 0 Å². The van der Waals surface area contributed by atoms with Crippen molar-refractivity contribution in [2.45, 2.75) is 75.7 Å². The van der Waals surface area contributed by atoms with Crippen LogP contribution < -0.4 is 4.90 Å². The van der Waals surface area contributed by atoms with E-state index in [4.69, 9.17) is 11.6 Å². The second kappa shape index (κ2) is 9.92. The lowest BCUT2D eigenvalue weighted by Gasteiger charge is -2.45. The Kier molecular flexibility index (Phi) is 7.44. The van der Waals surface area contributed by atoms with Crippen LogP contribution in [0.5, 0.6) is 0 Å². The van der Waals surface area contributed by atoms with Crippen molar-refractivity contribution in [3.8, 4) is 0 Å². The van der Waals surface area contributed by atoms with Crippen LogP contribution in [0.3, 0.4) is 0 Å². The highest BCUT2D eigenvalue weighted by Crippen LogP contribution is 2.41. The minimum Gasteiger partial charge on any atom is -0.437 e. The maximum absolute atomic E-state index is 13.7. The Labute approximate surface area is 207 Å². The van der Waals surface area contributed by atoms with Gasteiger partial charge in [-0.25, -0.2) is 13.6 Å². The highest BCUT2D eigenvalue weighted by molar-refractivity contribution is 6.30. The van der Waals surface area contributed by atoms with E-state index in [1.54, 1.807) is 0 Å². The molecule has 35 heavy (non-hydrogen) atoms. The van der Waals surface area contributed by atoms with Gasteiger partial charge < -0.3 is 14.5 Å². The summed E-state index contributed by atoms with van der Waals surface area (Å²) in [6, 6.07) is 5.59. The molecule has 0 aliphatic carbocycles. The van der Waals surface area contributed by atoms with Crippen molar-refractivity contribution in [3.05, 3.63) is 28.8 Å². The Morgan fingerprint density at radius 2 is 1.71 bits per heavy atom. The average Bonchev–Trinajstić information content (AvgIpc) is 3.16. The molecular formula is C24H31ClF5N3O2. The molecule has 1 atom stereocenters. The number of halogens is 6. The van der Waals surface area contributed by atoms with Gasteiger partial charge in [0, 0.05) is 61.8 Å². The fourth-order valence-corrected chi connectivity index (χ4v) is 5.62. The third-order valence-corrected chi connectivity index (χ3v) is 7.91. The number of anilines is 1. The largest absolute Gasteiger partial charge is 0.437 e. The standard InChI is InChI=1S/C24H31ClF5N3O2/c1-17(24(28,29)30)35-21(34)32-11-6-22(7-12-32)5-2-10-33(22)16-18-3-4-19(25)15-20(18)31-13-8-23(26,27)9-14-31/h3-4,15,17H,2,5-14,16H2,1H3. The summed E-state index contributed by atoms with van der Waals surface area (Å²) in [7, 11) is 0. The SMILES string of the molecule is CC(OC(=O)N1CCC2(CCCN2Cc2ccc(Cl)cc2N2CCC(F)(F)CC2)CC1)C(F)(F)F. The molecule has 0 N–H and O–H groups in total. The molecule has 0 saturated carbocycles. The van der Waals surface area contributed by atoms with Gasteiger partial charge >= 0.3 is 12.3 Å². The lowest BCUT2D eigenvalue weighted by molar-refractivity contribution is -0.200. The van der Waals surface area contributed by atoms with Crippen LogP contribution in [-0.2, 0) is 11.3 Å². The third kappa shape index (κ3) is 5.96. The summed E-state index contributed by atoms with van der Waals surface area (Å²) in [6.45, 7) is 3.49. The Balaban J connectivity index is 1.42. The van der Waals surface area contributed by atoms with Gasteiger partial charge in [-0.15, -0.1) is 0 Å². The molecule has 3 heterocycles. The number of benzene rings is 1. The molecule has 4 rings (SSSR count). The van der Waals surface area contributed by atoms with Crippen molar-refractivity contribution in [1.82, 2.24) is 9.80 Å². The number of ether oxygens (including phenoxy) is 1. The number of hydrogen-bond acceptors (Lipinski definition) is 4. The molecule has 3 aliphatic heterocycles. The molecule has 3 aliphatic rings. The molecule has 3 fully saturated rings. The van der Waals surface area contributed by atoms with Gasteiger partial charge in [-0.05, 0) is 56.8 Å². The quantitative estimate of drug-likeness (QED) is 0.447. The molecule has 3 saturated heterocycles. The second-order valence-corrected chi connectivity index (χ2v) is 10.4. The first-order valence-corrected chi connectivity index (χ1v) is 12.4. The van der Waals surface area contributed by atoms with Crippen molar-refractivity contribution < 1.29 is 31.5 Å². The number of rotatable bonds is 4. The van der Waals surface area contributed by atoms with Gasteiger partial charge in [-0.2, -0.15) is 13.2 Å². The zero-order chi connectivity index (χ0) is 25.4. The molecule has 11 heteroatoms. The van der Waals surface area contributed by atoms with Crippen LogP contribution in [0.4, 0.5) is 32.4 Å². The van der Waals surface area contributed by atoms with Crippen LogP contribution in [0, 0.1) is 0 Å². The van der Waals surface area contributed by atoms with Crippen LogP contribution in [0.1, 0.15) is 51.0 Å².